The second-order valence-electron chi connectivity index (χ2n) is 8.89. The van der Waals surface area contributed by atoms with Crippen molar-refractivity contribution in [3.8, 4) is 11.5 Å². The Bertz CT molecular complexity index is 1120. The zero-order valence-electron chi connectivity index (χ0n) is 20.3. The molecule has 1 heterocycles. The van der Waals surface area contributed by atoms with Gasteiger partial charge in [0, 0.05) is 32.1 Å². The second kappa shape index (κ2) is 10.6. The quantitative estimate of drug-likeness (QED) is 0.520. The average Bonchev–Trinajstić information content (AvgIpc) is 2.87. The monoisotopic (exact) mass is 463 g/mol. The lowest BCUT2D eigenvalue weighted by atomic mass is 9.86. The maximum absolute atomic E-state index is 12.8. The van der Waals surface area contributed by atoms with Gasteiger partial charge in [0.2, 0.25) is 5.95 Å². The predicted octanol–water partition coefficient (Wildman–Crippen LogP) is 4.11. The minimum Gasteiger partial charge on any atom is -0.496 e. The number of carbonyl (C=O) groups is 1. The largest absolute Gasteiger partial charge is 0.496 e. The van der Waals surface area contributed by atoms with E-state index in [1.807, 2.05) is 43.3 Å². The molecule has 1 aromatic heterocycles. The summed E-state index contributed by atoms with van der Waals surface area (Å²) >= 11 is 0. The van der Waals surface area contributed by atoms with Crippen LogP contribution in [0.3, 0.4) is 0 Å². The van der Waals surface area contributed by atoms with Crippen molar-refractivity contribution in [2.75, 3.05) is 45.1 Å². The second-order valence-corrected chi connectivity index (χ2v) is 8.89. The van der Waals surface area contributed by atoms with Gasteiger partial charge in [-0.2, -0.15) is 4.98 Å². The molecule has 3 aromatic rings. The first kappa shape index (κ1) is 23.6. The van der Waals surface area contributed by atoms with Gasteiger partial charge in [-0.3, -0.25) is 4.79 Å². The van der Waals surface area contributed by atoms with Crippen molar-refractivity contribution in [3.63, 3.8) is 0 Å². The standard InChI is InChI=1S/C26H33N5O3/c1-31(2)24-19-8-5-6-9-20(19)29-26(30-24)28-18-14-12-17(13-15-18)16-27-25(32)23-21(33-3)10-7-11-22(23)34-4/h5-11,17-18H,12-16H2,1-4H3,(H,27,32)(H,28,29,30). The van der Waals surface area contributed by atoms with Crippen LogP contribution >= 0.6 is 0 Å². The lowest BCUT2D eigenvalue weighted by molar-refractivity contribution is 0.0937. The molecule has 2 aromatic carbocycles. The summed E-state index contributed by atoms with van der Waals surface area (Å²) in [5, 5.41) is 7.66. The van der Waals surface area contributed by atoms with Crippen LogP contribution in [-0.4, -0.2) is 56.8 Å². The zero-order chi connectivity index (χ0) is 24.1. The summed E-state index contributed by atoms with van der Waals surface area (Å²) in [7, 11) is 7.11. The maximum Gasteiger partial charge on any atom is 0.258 e. The molecule has 0 atom stereocenters. The number of para-hydroxylation sites is 1. The van der Waals surface area contributed by atoms with Crippen molar-refractivity contribution in [2.45, 2.75) is 31.7 Å². The fourth-order valence-corrected chi connectivity index (χ4v) is 4.56. The van der Waals surface area contributed by atoms with Crippen molar-refractivity contribution >= 4 is 28.6 Å². The molecule has 1 aliphatic carbocycles. The lowest BCUT2D eigenvalue weighted by Crippen LogP contribution is -2.34. The number of ether oxygens (including phenoxy) is 2. The summed E-state index contributed by atoms with van der Waals surface area (Å²) in [5.74, 6) is 2.86. The van der Waals surface area contributed by atoms with E-state index in [0.29, 0.717) is 41.5 Å². The van der Waals surface area contributed by atoms with Crippen molar-refractivity contribution in [2.24, 2.45) is 5.92 Å². The lowest BCUT2D eigenvalue weighted by Gasteiger charge is -2.29. The highest BCUT2D eigenvalue weighted by molar-refractivity contribution is 5.99. The number of aromatic nitrogens is 2. The molecular weight excluding hydrogens is 430 g/mol. The van der Waals surface area contributed by atoms with Crippen LogP contribution in [0.25, 0.3) is 10.9 Å². The molecule has 8 heteroatoms. The number of benzene rings is 2. The van der Waals surface area contributed by atoms with Crippen LogP contribution in [0.15, 0.2) is 42.5 Å². The first-order valence-electron chi connectivity index (χ1n) is 11.7. The van der Waals surface area contributed by atoms with Gasteiger partial charge in [-0.1, -0.05) is 18.2 Å². The molecule has 0 spiro atoms. The van der Waals surface area contributed by atoms with Gasteiger partial charge in [0.1, 0.15) is 22.9 Å². The first-order valence-corrected chi connectivity index (χ1v) is 11.7. The molecule has 1 saturated carbocycles. The SMILES string of the molecule is COc1cccc(OC)c1C(=O)NCC1CCC(Nc2nc(N(C)C)c3ccccc3n2)CC1. The third kappa shape index (κ3) is 5.16. The highest BCUT2D eigenvalue weighted by atomic mass is 16.5. The molecule has 1 aliphatic rings. The molecule has 0 aliphatic heterocycles. The van der Waals surface area contributed by atoms with E-state index in [1.165, 1.54) is 0 Å². The van der Waals surface area contributed by atoms with Gasteiger partial charge in [0.15, 0.2) is 0 Å². The van der Waals surface area contributed by atoms with E-state index in [1.54, 1.807) is 26.4 Å². The minimum absolute atomic E-state index is 0.171. The molecule has 0 saturated heterocycles. The highest BCUT2D eigenvalue weighted by Gasteiger charge is 2.24. The Labute approximate surface area is 200 Å². The van der Waals surface area contributed by atoms with E-state index in [9.17, 15) is 4.79 Å². The first-order chi connectivity index (χ1) is 16.5. The van der Waals surface area contributed by atoms with Crippen LogP contribution in [0.2, 0.25) is 0 Å². The van der Waals surface area contributed by atoms with Crippen molar-refractivity contribution in [1.82, 2.24) is 15.3 Å². The topological polar surface area (TPSA) is 88.6 Å². The summed E-state index contributed by atoms with van der Waals surface area (Å²) in [5.41, 5.74) is 1.37. The van der Waals surface area contributed by atoms with E-state index in [-0.39, 0.29) is 5.91 Å². The molecule has 1 fully saturated rings. The molecular formula is C26H33N5O3. The molecule has 34 heavy (non-hydrogen) atoms. The summed E-state index contributed by atoms with van der Waals surface area (Å²) < 4.78 is 10.7. The summed E-state index contributed by atoms with van der Waals surface area (Å²) in [6, 6.07) is 13.7. The molecule has 2 N–H and O–H groups in total. The molecule has 0 unspecified atom stereocenters. The Kier molecular flexibility index (Phi) is 7.35. The number of nitrogens with zero attached hydrogens (tertiary/aromatic N) is 3. The Morgan fingerprint density at radius 1 is 0.971 bits per heavy atom. The number of carbonyl (C=O) groups excluding carboxylic acids is 1. The number of nitrogens with one attached hydrogen (secondary N) is 2. The van der Waals surface area contributed by atoms with E-state index >= 15 is 0 Å². The van der Waals surface area contributed by atoms with Gasteiger partial charge in [0.25, 0.3) is 5.91 Å². The summed E-state index contributed by atoms with van der Waals surface area (Å²) in [4.78, 5) is 24.4. The number of methoxy groups -OCH3 is 2. The van der Waals surface area contributed by atoms with E-state index in [4.69, 9.17) is 19.4 Å². The summed E-state index contributed by atoms with van der Waals surface area (Å²) in [6.07, 6.45) is 4.06. The predicted molar refractivity (Wildman–Crippen MR) is 135 cm³/mol. The number of amides is 1. The van der Waals surface area contributed by atoms with Crippen LogP contribution in [0.5, 0.6) is 11.5 Å². The average molecular weight is 464 g/mol. The van der Waals surface area contributed by atoms with E-state index in [2.05, 4.69) is 16.7 Å². The Morgan fingerprint density at radius 3 is 2.29 bits per heavy atom. The van der Waals surface area contributed by atoms with Crippen LogP contribution in [0.4, 0.5) is 11.8 Å². The number of hydrogen-bond donors (Lipinski definition) is 2. The van der Waals surface area contributed by atoms with Crippen LogP contribution in [0.1, 0.15) is 36.0 Å². The fourth-order valence-electron chi connectivity index (χ4n) is 4.56. The fraction of sp³-hybridized carbons (Fsp3) is 0.423. The molecule has 8 nitrogen and oxygen atoms in total. The molecule has 0 radical (unpaired) electrons. The van der Waals surface area contributed by atoms with Crippen molar-refractivity contribution in [3.05, 3.63) is 48.0 Å². The van der Waals surface area contributed by atoms with Crippen molar-refractivity contribution in [1.29, 1.82) is 0 Å². The zero-order valence-corrected chi connectivity index (χ0v) is 20.3. The smallest absolute Gasteiger partial charge is 0.258 e. The Hall–Kier alpha value is -3.55. The number of hydrogen-bond acceptors (Lipinski definition) is 7. The van der Waals surface area contributed by atoms with Crippen LogP contribution in [0, 0.1) is 5.92 Å². The molecule has 1 amide bonds. The van der Waals surface area contributed by atoms with E-state index < -0.39 is 0 Å². The van der Waals surface area contributed by atoms with Gasteiger partial charge in [-0.15, -0.1) is 0 Å². The van der Waals surface area contributed by atoms with Gasteiger partial charge in [0.05, 0.1) is 19.7 Å². The number of anilines is 2. The number of fused-ring (bicyclic) bond motifs is 1. The third-order valence-electron chi connectivity index (χ3n) is 6.39. The van der Waals surface area contributed by atoms with Gasteiger partial charge < -0.3 is 25.0 Å². The summed E-state index contributed by atoms with van der Waals surface area (Å²) in [6.45, 7) is 0.629. The third-order valence-corrected chi connectivity index (χ3v) is 6.39. The Balaban J connectivity index is 1.34. The van der Waals surface area contributed by atoms with Gasteiger partial charge >= 0.3 is 0 Å². The Morgan fingerprint density at radius 2 is 1.65 bits per heavy atom. The molecule has 180 valence electrons. The van der Waals surface area contributed by atoms with Crippen LogP contribution < -0.4 is 25.0 Å². The minimum atomic E-state index is -0.171. The van der Waals surface area contributed by atoms with E-state index in [0.717, 1.165) is 42.4 Å². The maximum atomic E-state index is 12.8. The van der Waals surface area contributed by atoms with Crippen molar-refractivity contribution < 1.29 is 14.3 Å². The molecule has 0 bridgehead atoms. The normalized spacial score (nSPS) is 17.8. The van der Waals surface area contributed by atoms with Crippen LogP contribution in [-0.2, 0) is 0 Å². The van der Waals surface area contributed by atoms with Gasteiger partial charge in [-0.05, 0) is 55.9 Å². The number of rotatable bonds is 8. The highest BCUT2D eigenvalue weighted by Crippen LogP contribution is 2.30. The molecule has 4 rings (SSSR count). The van der Waals surface area contributed by atoms with Gasteiger partial charge in [-0.25, -0.2) is 4.98 Å².